The molecule has 0 bridgehead atoms. The maximum atomic E-state index is 9.79. The van der Waals surface area contributed by atoms with Crippen LogP contribution in [0, 0.1) is 0 Å². The highest BCUT2D eigenvalue weighted by Gasteiger charge is 2.22. The summed E-state index contributed by atoms with van der Waals surface area (Å²) in [5, 5.41) is 13.1. The van der Waals surface area contributed by atoms with Crippen molar-refractivity contribution in [3.05, 3.63) is 18.5 Å². The zero-order chi connectivity index (χ0) is 10.7. The van der Waals surface area contributed by atoms with Crippen molar-refractivity contribution in [1.82, 2.24) is 4.98 Å². The summed E-state index contributed by atoms with van der Waals surface area (Å²) < 4.78 is 0. The van der Waals surface area contributed by atoms with Gasteiger partial charge in [-0.3, -0.25) is 4.98 Å². The van der Waals surface area contributed by atoms with Gasteiger partial charge < -0.3 is 16.2 Å². The molecule has 1 fully saturated rings. The fourth-order valence-electron chi connectivity index (χ4n) is 2.03. The molecule has 1 heterocycles. The smallest absolute Gasteiger partial charge is 0.0741 e. The maximum Gasteiger partial charge on any atom is 0.0741 e. The summed E-state index contributed by atoms with van der Waals surface area (Å²) in [6.07, 6.45) is 7.28. The fourth-order valence-corrected chi connectivity index (χ4v) is 2.03. The molecule has 82 valence electrons. The molecule has 1 aliphatic carbocycles. The lowest BCUT2D eigenvalue weighted by atomic mass is 9.92. The van der Waals surface area contributed by atoms with E-state index in [4.69, 9.17) is 5.73 Å². The van der Waals surface area contributed by atoms with Gasteiger partial charge in [0.15, 0.2) is 0 Å². The third kappa shape index (κ3) is 2.59. The van der Waals surface area contributed by atoms with Crippen LogP contribution in [0.3, 0.4) is 0 Å². The van der Waals surface area contributed by atoms with Crippen molar-refractivity contribution < 1.29 is 5.11 Å². The molecule has 4 nitrogen and oxygen atoms in total. The highest BCUT2D eigenvalue weighted by Crippen LogP contribution is 2.22. The second kappa shape index (κ2) is 4.49. The number of hydrogen-bond donors (Lipinski definition) is 3. The van der Waals surface area contributed by atoms with Crippen LogP contribution < -0.4 is 11.1 Å². The molecule has 2 atom stereocenters. The van der Waals surface area contributed by atoms with E-state index < -0.39 is 0 Å². The molecule has 0 radical (unpaired) electrons. The van der Waals surface area contributed by atoms with E-state index in [2.05, 4.69) is 10.3 Å². The second-order valence-electron chi connectivity index (χ2n) is 4.11. The Morgan fingerprint density at radius 2 is 2.13 bits per heavy atom. The van der Waals surface area contributed by atoms with Crippen LogP contribution in [0.1, 0.15) is 25.7 Å². The average molecular weight is 207 g/mol. The number of anilines is 2. The number of nitrogens with zero attached hydrogens (tertiary/aromatic N) is 1. The standard InChI is InChI=1S/C11H17N3O/c12-8-5-9(7-13-6-8)14-10-3-1-2-4-11(10)15/h5-7,10-11,14-15H,1-4,12H2. The molecule has 2 unspecified atom stereocenters. The Kier molecular flexibility index (Phi) is 3.06. The molecule has 4 N–H and O–H groups in total. The molecule has 0 saturated heterocycles. The van der Waals surface area contributed by atoms with E-state index in [0.29, 0.717) is 5.69 Å². The topological polar surface area (TPSA) is 71.2 Å². The third-order valence-corrected chi connectivity index (χ3v) is 2.84. The minimum Gasteiger partial charge on any atom is -0.397 e. The lowest BCUT2D eigenvalue weighted by Gasteiger charge is -2.29. The summed E-state index contributed by atoms with van der Waals surface area (Å²) in [5.41, 5.74) is 7.17. The molecular formula is C11H17N3O. The number of hydrogen-bond acceptors (Lipinski definition) is 4. The molecule has 4 heteroatoms. The van der Waals surface area contributed by atoms with E-state index in [0.717, 1.165) is 24.9 Å². The lowest BCUT2D eigenvalue weighted by molar-refractivity contribution is 0.116. The Labute approximate surface area is 89.5 Å². The molecule has 15 heavy (non-hydrogen) atoms. The molecule has 2 rings (SSSR count). The van der Waals surface area contributed by atoms with E-state index in [-0.39, 0.29) is 12.1 Å². The van der Waals surface area contributed by atoms with Crippen molar-refractivity contribution in [3.63, 3.8) is 0 Å². The number of rotatable bonds is 2. The quantitative estimate of drug-likeness (QED) is 0.685. The van der Waals surface area contributed by atoms with Crippen LogP contribution in [-0.4, -0.2) is 22.2 Å². The summed E-state index contributed by atoms with van der Waals surface area (Å²) in [6.45, 7) is 0. The zero-order valence-electron chi connectivity index (χ0n) is 8.69. The van der Waals surface area contributed by atoms with Gasteiger partial charge in [-0.05, 0) is 18.9 Å². The van der Waals surface area contributed by atoms with Gasteiger partial charge in [-0.15, -0.1) is 0 Å². The number of aliphatic hydroxyl groups is 1. The van der Waals surface area contributed by atoms with E-state index in [1.165, 1.54) is 6.42 Å². The number of nitrogen functional groups attached to an aromatic ring is 1. The highest BCUT2D eigenvalue weighted by molar-refractivity contribution is 5.51. The zero-order valence-corrected chi connectivity index (χ0v) is 8.69. The van der Waals surface area contributed by atoms with Gasteiger partial charge in [-0.1, -0.05) is 12.8 Å². The van der Waals surface area contributed by atoms with Crippen molar-refractivity contribution >= 4 is 11.4 Å². The van der Waals surface area contributed by atoms with Gasteiger partial charge in [0.25, 0.3) is 0 Å². The van der Waals surface area contributed by atoms with Crippen LogP contribution in [0.4, 0.5) is 11.4 Å². The summed E-state index contributed by atoms with van der Waals surface area (Å²) in [6, 6.07) is 1.98. The van der Waals surface area contributed by atoms with Gasteiger partial charge in [0, 0.05) is 6.20 Å². The van der Waals surface area contributed by atoms with Gasteiger partial charge in [0.1, 0.15) is 0 Å². The van der Waals surface area contributed by atoms with Crippen LogP contribution in [0.25, 0.3) is 0 Å². The molecule has 0 aromatic carbocycles. The summed E-state index contributed by atoms with van der Waals surface area (Å²) in [4.78, 5) is 4.01. The highest BCUT2D eigenvalue weighted by atomic mass is 16.3. The van der Waals surface area contributed by atoms with Gasteiger partial charge in [-0.25, -0.2) is 0 Å². The first-order valence-corrected chi connectivity index (χ1v) is 5.41. The largest absolute Gasteiger partial charge is 0.397 e. The van der Waals surface area contributed by atoms with Gasteiger partial charge in [0.2, 0.25) is 0 Å². The Balaban J connectivity index is 2.01. The minimum atomic E-state index is -0.250. The van der Waals surface area contributed by atoms with Crippen molar-refractivity contribution in [2.75, 3.05) is 11.1 Å². The van der Waals surface area contributed by atoms with Crippen LogP contribution in [0.2, 0.25) is 0 Å². The van der Waals surface area contributed by atoms with Crippen molar-refractivity contribution in [3.8, 4) is 0 Å². The van der Waals surface area contributed by atoms with Crippen LogP contribution in [-0.2, 0) is 0 Å². The monoisotopic (exact) mass is 207 g/mol. The van der Waals surface area contributed by atoms with Crippen LogP contribution in [0.5, 0.6) is 0 Å². The molecule has 0 aliphatic heterocycles. The minimum absolute atomic E-state index is 0.141. The number of nitrogens with two attached hydrogens (primary N) is 1. The van der Waals surface area contributed by atoms with Crippen molar-refractivity contribution in [2.45, 2.75) is 37.8 Å². The number of aliphatic hydroxyl groups excluding tert-OH is 1. The average Bonchev–Trinajstić information content (AvgIpc) is 2.22. The first kappa shape index (κ1) is 10.2. The van der Waals surface area contributed by atoms with E-state index >= 15 is 0 Å². The third-order valence-electron chi connectivity index (χ3n) is 2.84. The van der Waals surface area contributed by atoms with Crippen LogP contribution in [0.15, 0.2) is 18.5 Å². The second-order valence-corrected chi connectivity index (χ2v) is 4.11. The Bertz CT molecular complexity index is 329. The van der Waals surface area contributed by atoms with E-state index in [1.807, 2.05) is 6.07 Å². The Hall–Kier alpha value is -1.29. The summed E-state index contributed by atoms with van der Waals surface area (Å²) in [7, 11) is 0. The van der Waals surface area contributed by atoms with E-state index in [9.17, 15) is 5.11 Å². The molecule has 0 amide bonds. The van der Waals surface area contributed by atoms with Crippen LogP contribution >= 0.6 is 0 Å². The predicted octanol–water partition coefficient (Wildman–Crippen LogP) is 1.38. The lowest BCUT2D eigenvalue weighted by Crippen LogP contribution is -2.36. The predicted molar refractivity (Wildman–Crippen MR) is 60.5 cm³/mol. The summed E-state index contributed by atoms with van der Waals surface area (Å²) >= 11 is 0. The first-order valence-electron chi connectivity index (χ1n) is 5.41. The van der Waals surface area contributed by atoms with Gasteiger partial charge in [0.05, 0.1) is 29.7 Å². The van der Waals surface area contributed by atoms with Gasteiger partial charge in [-0.2, -0.15) is 0 Å². The number of pyridine rings is 1. The first-order chi connectivity index (χ1) is 7.25. The Morgan fingerprint density at radius 1 is 1.33 bits per heavy atom. The van der Waals surface area contributed by atoms with Crippen molar-refractivity contribution in [1.29, 1.82) is 0 Å². The molecular weight excluding hydrogens is 190 g/mol. The number of nitrogens with one attached hydrogen (secondary N) is 1. The molecule has 0 spiro atoms. The van der Waals surface area contributed by atoms with Crippen molar-refractivity contribution in [2.24, 2.45) is 0 Å². The van der Waals surface area contributed by atoms with Gasteiger partial charge >= 0.3 is 0 Å². The maximum absolute atomic E-state index is 9.79. The number of aromatic nitrogens is 1. The SMILES string of the molecule is Nc1cncc(NC2CCCCC2O)c1. The van der Waals surface area contributed by atoms with E-state index in [1.54, 1.807) is 12.4 Å². The molecule has 1 aromatic heterocycles. The molecule has 1 aromatic rings. The normalized spacial score (nSPS) is 26.2. The fraction of sp³-hybridized carbons (Fsp3) is 0.545. The Morgan fingerprint density at radius 3 is 2.87 bits per heavy atom. The summed E-state index contributed by atoms with van der Waals surface area (Å²) in [5.74, 6) is 0. The molecule has 1 aliphatic rings. The molecule has 1 saturated carbocycles.